The molecule has 2 heteroatoms. The Hall–Kier alpha value is -0.0800. The molecule has 0 amide bonds. The zero-order valence-electron chi connectivity index (χ0n) is 7.63. The molecule has 1 rings (SSSR count). The Kier molecular flexibility index (Phi) is 2.55. The average Bonchev–Trinajstić information content (AvgIpc) is 1.86. The van der Waals surface area contributed by atoms with Crippen molar-refractivity contribution in [1.29, 1.82) is 0 Å². The number of aliphatic hydroxyl groups is 1. The van der Waals surface area contributed by atoms with Crippen molar-refractivity contribution in [2.45, 2.75) is 33.3 Å². The lowest BCUT2D eigenvalue weighted by Crippen LogP contribution is -2.40. The van der Waals surface area contributed by atoms with Crippen LogP contribution in [0.5, 0.6) is 0 Å². The van der Waals surface area contributed by atoms with Gasteiger partial charge in [-0.3, -0.25) is 0 Å². The van der Waals surface area contributed by atoms with Crippen molar-refractivity contribution >= 4 is 0 Å². The molecule has 1 saturated heterocycles. The van der Waals surface area contributed by atoms with Gasteiger partial charge >= 0.3 is 0 Å². The van der Waals surface area contributed by atoms with Crippen molar-refractivity contribution in [2.24, 2.45) is 11.3 Å². The second kappa shape index (κ2) is 3.11. The lowest BCUT2D eigenvalue weighted by atomic mass is 9.76. The molecule has 0 spiro atoms. The molecule has 0 aromatic heterocycles. The van der Waals surface area contributed by atoms with Crippen LogP contribution in [0.1, 0.15) is 27.2 Å². The summed E-state index contributed by atoms with van der Waals surface area (Å²) in [4.78, 5) is 0. The van der Waals surface area contributed by atoms with Crippen molar-refractivity contribution in [1.82, 2.24) is 0 Å². The van der Waals surface area contributed by atoms with E-state index in [1.807, 2.05) is 0 Å². The number of ether oxygens (including phenoxy) is 1. The van der Waals surface area contributed by atoms with Gasteiger partial charge < -0.3 is 9.84 Å². The Bertz CT molecular complexity index is 126. The van der Waals surface area contributed by atoms with E-state index in [0.29, 0.717) is 19.1 Å². The van der Waals surface area contributed by atoms with Crippen LogP contribution in [0.2, 0.25) is 0 Å². The average molecular weight is 158 g/mol. The summed E-state index contributed by atoms with van der Waals surface area (Å²) >= 11 is 0. The van der Waals surface area contributed by atoms with Crippen LogP contribution in [-0.4, -0.2) is 24.4 Å². The second-order valence-corrected chi connectivity index (χ2v) is 4.40. The van der Waals surface area contributed by atoms with E-state index in [-0.39, 0.29) is 11.5 Å². The van der Waals surface area contributed by atoms with E-state index >= 15 is 0 Å². The van der Waals surface area contributed by atoms with Crippen LogP contribution in [0.25, 0.3) is 0 Å². The maximum atomic E-state index is 9.62. The van der Waals surface area contributed by atoms with Crippen LogP contribution < -0.4 is 0 Å². The maximum absolute atomic E-state index is 9.62. The summed E-state index contributed by atoms with van der Waals surface area (Å²) in [6.07, 6.45) is 0.630. The minimum Gasteiger partial charge on any atom is -0.393 e. The lowest BCUT2D eigenvalue weighted by molar-refractivity contribution is -0.0749. The van der Waals surface area contributed by atoms with Gasteiger partial charge in [0.1, 0.15) is 0 Å². The first-order chi connectivity index (χ1) is 5.02. The van der Waals surface area contributed by atoms with Gasteiger partial charge in [-0.1, -0.05) is 20.8 Å². The predicted molar refractivity (Wildman–Crippen MR) is 44.4 cm³/mol. The maximum Gasteiger partial charge on any atom is 0.0617 e. The van der Waals surface area contributed by atoms with Crippen LogP contribution in [-0.2, 0) is 4.74 Å². The van der Waals surface area contributed by atoms with Crippen LogP contribution in [0.3, 0.4) is 0 Å². The number of rotatable bonds is 0. The molecule has 0 bridgehead atoms. The highest BCUT2D eigenvalue weighted by molar-refractivity contribution is 4.82. The van der Waals surface area contributed by atoms with Crippen molar-refractivity contribution in [2.75, 3.05) is 13.2 Å². The van der Waals surface area contributed by atoms with Crippen molar-refractivity contribution in [3.05, 3.63) is 0 Å². The molecule has 0 saturated carbocycles. The number of hydrogen-bond donors (Lipinski definition) is 1. The van der Waals surface area contributed by atoms with Crippen LogP contribution >= 0.6 is 0 Å². The van der Waals surface area contributed by atoms with Gasteiger partial charge in [-0.2, -0.15) is 0 Å². The lowest BCUT2D eigenvalue weighted by Gasteiger charge is -2.37. The first kappa shape index (κ1) is 9.01. The molecule has 66 valence electrons. The Morgan fingerprint density at radius 1 is 1.36 bits per heavy atom. The van der Waals surface area contributed by atoms with Gasteiger partial charge in [0.2, 0.25) is 0 Å². The third-order valence-corrected chi connectivity index (χ3v) is 2.43. The Morgan fingerprint density at radius 2 is 2.00 bits per heavy atom. The van der Waals surface area contributed by atoms with Gasteiger partial charge in [0.25, 0.3) is 0 Å². The van der Waals surface area contributed by atoms with Gasteiger partial charge in [0.15, 0.2) is 0 Å². The minimum atomic E-state index is -0.163. The third kappa shape index (κ3) is 2.17. The van der Waals surface area contributed by atoms with Crippen molar-refractivity contribution < 1.29 is 9.84 Å². The second-order valence-electron chi connectivity index (χ2n) is 4.40. The molecule has 2 nitrogen and oxygen atoms in total. The molecule has 0 aromatic rings. The zero-order valence-corrected chi connectivity index (χ0v) is 7.63. The van der Waals surface area contributed by atoms with Crippen molar-refractivity contribution in [3.63, 3.8) is 0 Å². The van der Waals surface area contributed by atoms with Gasteiger partial charge in [-0.25, -0.2) is 0 Å². The van der Waals surface area contributed by atoms with E-state index in [9.17, 15) is 5.11 Å². The molecular weight excluding hydrogens is 140 g/mol. The molecule has 1 aliphatic rings. The highest BCUT2D eigenvalue weighted by Crippen LogP contribution is 2.32. The summed E-state index contributed by atoms with van der Waals surface area (Å²) in [6, 6.07) is 0. The zero-order chi connectivity index (χ0) is 8.48. The van der Waals surface area contributed by atoms with E-state index in [1.54, 1.807) is 0 Å². The molecule has 1 aliphatic heterocycles. The largest absolute Gasteiger partial charge is 0.393 e. The molecule has 0 aliphatic carbocycles. The molecule has 1 heterocycles. The number of hydrogen-bond acceptors (Lipinski definition) is 2. The third-order valence-electron chi connectivity index (χ3n) is 2.43. The normalized spacial score (nSPS) is 33.8. The summed E-state index contributed by atoms with van der Waals surface area (Å²) < 4.78 is 5.32. The standard InChI is InChI=1S/C9H18O2/c1-9(2,3)7-6-11-5-4-8(7)10/h7-8,10H,4-6H2,1-3H3. The van der Waals surface area contributed by atoms with E-state index in [0.717, 1.165) is 6.42 Å². The molecule has 1 fully saturated rings. The minimum absolute atomic E-state index is 0.163. The smallest absolute Gasteiger partial charge is 0.0617 e. The first-order valence-corrected chi connectivity index (χ1v) is 4.27. The molecule has 11 heavy (non-hydrogen) atoms. The summed E-state index contributed by atoms with van der Waals surface area (Å²) in [6.45, 7) is 7.87. The quantitative estimate of drug-likeness (QED) is 0.578. The highest BCUT2D eigenvalue weighted by Gasteiger charge is 2.33. The molecular formula is C9H18O2. The van der Waals surface area contributed by atoms with Crippen LogP contribution in [0.15, 0.2) is 0 Å². The van der Waals surface area contributed by atoms with Crippen LogP contribution in [0.4, 0.5) is 0 Å². The Labute approximate surface area is 68.6 Å². The first-order valence-electron chi connectivity index (χ1n) is 4.27. The Balaban J connectivity index is 2.55. The highest BCUT2D eigenvalue weighted by atomic mass is 16.5. The van der Waals surface area contributed by atoms with Gasteiger partial charge in [0.05, 0.1) is 12.7 Å². The summed E-state index contributed by atoms with van der Waals surface area (Å²) in [7, 11) is 0. The monoisotopic (exact) mass is 158 g/mol. The fraction of sp³-hybridized carbons (Fsp3) is 1.00. The van der Waals surface area contributed by atoms with Crippen molar-refractivity contribution in [3.8, 4) is 0 Å². The van der Waals surface area contributed by atoms with E-state index < -0.39 is 0 Å². The van der Waals surface area contributed by atoms with Crippen LogP contribution in [0, 0.1) is 11.3 Å². The SMILES string of the molecule is CC(C)(C)C1COCCC1O. The summed E-state index contributed by atoms with van der Waals surface area (Å²) in [5, 5.41) is 9.62. The number of aliphatic hydroxyl groups excluding tert-OH is 1. The fourth-order valence-corrected chi connectivity index (χ4v) is 1.55. The topological polar surface area (TPSA) is 29.5 Å². The summed E-state index contributed by atoms with van der Waals surface area (Å²) in [5.41, 5.74) is 0.167. The van der Waals surface area contributed by atoms with Gasteiger partial charge in [0, 0.05) is 12.5 Å². The molecule has 0 aromatic carbocycles. The van der Waals surface area contributed by atoms with Gasteiger partial charge in [-0.15, -0.1) is 0 Å². The molecule has 2 unspecified atom stereocenters. The van der Waals surface area contributed by atoms with E-state index in [1.165, 1.54) is 0 Å². The predicted octanol–water partition coefficient (Wildman–Crippen LogP) is 1.43. The molecule has 0 radical (unpaired) electrons. The van der Waals surface area contributed by atoms with E-state index in [4.69, 9.17) is 4.74 Å². The molecule has 1 N–H and O–H groups in total. The Morgan fingerprint density at radius 3 is 2.36 bits per heavy atom. The fourth-order valence-electron chi connectivity index (χ4n) is 1.55. The molecule has 2 atom stereocenters. The van der Waals surface area contributed by atoms with E-state index in [2.05, 4.69) is 20.8 Å². The van der Waals surface area contributed by atoms with Gasteiger partial charge in [-0.05, 0) is 11.8 Å². The summed E-state index contributed by atoms with van der Waals surface area (Å²) in [5.74, 6) is 0.302.